The van der Waals surface area contributed by atoms with Crippen LogP contribution in [0.25, 0.3) is 0 Å². The lowest BCUT2D eigenvalue weighted by molar-refractivity contribution is -0.135. The van der Waals surface area contributed by atoms with Crippen molar-refractivity contribution in [2.45, 2.75) is 32.6 Å². The Labute approximate surface area is 98.5 Å². The van der Waals surface area contributed by atoms with Gasteiger partial charge in [-0.05, 0) is 37.0 Å². The molecule has 2 heterocycles. The molecule has 1 aromatic rings. The fourth-order valence-corrected chi connectivity index (χ4v) is 2.38. The van der Waals surface area contributed by atoms with Crippen LogP contribution in [0.4, 0.5) is 0 Å². The van der Waals surface area contributed by atoms with E-state index in [9.17, 15) is 9.59 Å². The zero-order valence-electron chi connectivity index (χ0n) is 9.54. The minimum Gasteiger partial charge on any atom is -0.426 e. The van der Waals surface area contributed by atoms with E-state index >= 15 is 0 Å². The first kappa shape index (κ1) is 10.3. The third kappa shape index (κ3) is 1.60. The molecule has 0 aromatic heterocycles. The van der Waals surface area contributed by atoms with Gasteiger partial charge in [-0.1, -0.05) is 0 Å². The lowest BCUT2D eigenvalue weighted by Crippen LogP contribution is -2.21. The van der Waals surface area contributed by atoms with E-state index in [4.69, 9.17) is 9.47 Å². The summed E-state index contributed by atoms with van der Waals surface area (Å²) in [6.07, 6.45) is 2.25. The van der Waals surface area contributed by atoms with E-state index in [1.807, 2.05) is 13.0 Å². The summed E-state index contributed by atoms with van der Waals surface area (Å²) in [6, 6.07) is 2.00. The summed E-state index contributed by atoms with van der Waals surface area (Å²) < 4.78 is 10.5. The monoisotopic (exact) mass is 232 g/mol. The predicted octanol–water partition coefficient (Wildman–Crippen LogP) is 1.70. The van der Waals surface area contributed by atoms with Gasteiger partial charge >= 0.3 is 11.9 Å². The number of carbonyl (C=O) groups is 2. The number of esters is 2. The lowest BCUT2D eigenvalue weighted by Gasteiger charge is -2.24. The van der Waals surface area contributed by atoms with Crippen LogP contribution in [0.1, 0.15) is 29.5 Å². The van der Waals surface area contributed by atoms with Gasteiger partial charge in [-0.2, -0.15) is 0 Å². The van der Waals surface area contributed by atoms with Gasteiger partial charge in [0.15, 0.2) is 0 Å². The molecule has 88 valence electrons. The second kappa shape index (κ2) is 3.58. The molecule has 0 fully saturated rings. The quantitative estimate of drug-likeness (QED) is 0.504. The van der Waals surface area contributed by atoms with E-state index in [1.165, 1.54) is 0 Å². The second-order valence-corrected chi connectivity index (χ2v) is 4.43. The molecule has 0 spiro atoms. The molecule has 0 amide bonds. The molecule has 0 saturated carbocycles. The molecule has 17 heavy (non-hydrogen) atoms. The van der Waals surface area contributed by atoms with Crippen LogP contribution in [0.2, 0.25) is 0 Å². The Hall–Kier alpha value is -1.84. The molecule has 1 aromatic carbocycles. The fourth-order valence-electron chi connectivity index (χ4n) is 2.38. The molecule has 0 N–H and O–H groups in total. The highest BCUT2D eigenvalue weighted by Gasteiger charge is 2.27. The predicted molar refractivity (Wildman–Crippen MR) is 59.1 cm³/mol. The van der Waals surface area contributed by atoms with Crippen LogP contribution in [-0.2, 0) is 22.4 Å². The van der Waals surface area contributed by atoms with Crippen molar-refractivity contribution in [2.75, 3.05) is 0 Å². The van der Waals surface area contributed by atoms with E-state index in [-0.39, 0.29) is 11.9 Å². The van der Waals surface area contributed by atoms with Crippen molar-refractivity contribution in [3.05, 3.63) is 22.8 Å². The number of carbonyl (C=O) groups excluding carboxylic acids is 2. The molecule has 3 rings (SSSR count). The van der Waals surface area contributed by atoms with E-state index in [0.717, 1.165) is 16.7 Å². The van der Waals surface area contributed by atoms with Crippen LogP contribution in [0.15, 0.2) is 6.07 Å². The van der Waals surface area contributed by atoms with Crippen LogP contribution in [0.5, 0.6) is 11.5 Å². The first-order valence-electron chi connectivity index (χ1n) is 5.72. The zero-order chi connectivity index (χ0) is 12.0. The minimum atomic E-state index is -0.220. The maximum Gasteiger partial charge on any atom is 0.311 e. The first-order valence-corrected chi connectivity index (χ1v) is 5.72. The van der Waals surface area contributed by atoms with Crippen molar-refractivity contribution in [3.63, 3.8) is 0 Å². The molecule has 0 atom stereocenters. The molecular formula is C13H12O4. The summed E-state index contributed by atoms with van der Waals surface area (Å²) >= 11 is 0. The number of hydrogen-bond acceptors (Lipinski definition) is 4. The molecule has 4 nitrogen and oxygen atoms in total. The van der Waals surface area contributed by atoms with E-state index < -0.39 is 0 Å². The van der Waals surface area contributed by atoms with Gasteiger partial charge in [0.1, 0.15) is 11.5 Å². The molecule has 0 unspecified atom stereocenters. The van der Waals surface area contributed by atoms with E-state index in [1.54, 1.807) is 0 Å². The van der Waals surface area contributed by atoms with Crippen LogP contribution >= 0.6 is 0 Å². The zero-order valence-corrected chi connectivity index (χ0v) is 9.54. The third-order valence-corrected chi connectivity index (χ3v) is 3.24. The van der Waals surface area contributed by atoms with Crippen LogP contribution in [0.3, 0.4) is 0 Å². The highest BCUT2D eigenvalue weighted by Crippen LogP contribution is 2.40. The molecule has 0 bridgehead atoms. The number of hydrogen-bond donors (Lipinski definition) is 0. The van der Waals surface area contributed by atoms with Crippen molar-refractivity contribution >= 4 is 11.9 Å². The molecule has 0 saturated heterocycles. The number of aryl methyl sites for hydroxylation is 2. The average Bonchev–Trinajstić information content (AvgIpc) is 2.32. The standard InChI is InChI=1S/C13H12O4/c1-7-12-8(2-4-10(14)16-12)6-9-3-5-11(15)17-13(7)9/h6H,2-5H2,1H3. The molecule has 2 aliphatic rings. The Balaban J connectivity index is 2.15. The van der Waals surface area contributed by atoms with Gasteiger partial charge in [0.2, 0.25) is 0 Å². The third-order valence-electron chi connectivity index (χ3n) is 3.24. The summed E-state index contributed by atoms with van der Waals surface area (Å²) in [7, 11) is 0. The number of fused-ring (bicyclic) bond motifs is 2. The molecule has 0 aliphatic carbocycles. The topological polar surface area (TPSA) is 52.6 Å². The van der Waals surface area contributed by atoms with Gasteiger partial charge in [0.05, 0.1) is 12.8 Å². The Bertz CT molecular complexity index is 486. The second-order valence-electron chi connectivity index (χ2n) is 4.43. The van der Waals surface area contributed by atoms with Crippen molar-refractivity contribution in [1.82, 2.24) is 0 Å². The van der Waals surface area contributed by atoms with Crippen LogP contribution in [0, 0.1) is 6.92 Å². The summed E-state index contributed by atoms with van der Waals surface area (Å²) in [5.74, 6) is 0.717. The van der Waals surface area contributed by atoms with Gasteiger partial charge in [0, 0.05) is 5.56 Å². The Morgan fingerprint density at radius 1 is 0.882 bits per heavy atom. The summed E-state index contributed by atoms with van der Waals surface area (Å²) in [6.45, 7) is 1.83. The Kier molecular flexibility index (Phi) is 2.18. The Morgan fingerprint density at radius 2 is 1.35 bits per heavy atom. The van der Waals surface area contributed by atoms with E-state index in [0.29, 0.717) is 37.2 Å². The van der Waals surface area contributed by atoms with Gasteiger partial charge < -0.3 is 9.47 Å². The summed E-state index contributed by atoms with van der Waals surface area (Å²) in [5, 5.41) is 0. The van der Waals surface area contributed by atoms with Crippen LogP contribution < -0.4 is 9.47 Å². The molecule has 2 aliphatic heterocycles. The van der Waals surface area contributed by atoms with E-state index in [2.05, 4.69) is 0 Å². The maximum absolute atomic E-state index is 11.3. The number of rotatable bonds is 0. The first-order chi connectivity index (χ1) is 8.15. The largest absolute Gasteiger partial charge is 0.426 e. The van der Waals surface area contributed by atoms with Gasteiger partial charge in [-0.3, -0.25) is 9.59 Å². The maximum atomic E-state index is 11.3. The smallest absolute Gasteiger partial charge is 0.311 e. The normalized spacial score (nSPS) is 17.9. The minimum absolute atomic E-state index is 0.220. The SMILES string of the molecule is Cc1c2c(cc3c1OC(=O)CC3)CCC(=O)O2. The average molecular weight is 232 g/mol. The number of benzene rings is 1. The lowest BCUT2D eigenvalue weighted by atomic mass is 9.95. The van der Waals surface area contributed by atoms with Crippen molar-refractivity contribution in [1.29, 1.82) is 0 Å². The van der Waals surface area contributed by atoms with Crippen molar-refractivity contribution in [2.24, 2.45) is 0 Å². The van der Waals surface area contributed by atoms with Crippen molar-refractivity contribution < 1.29 is 19.1 Å². The summed E-state index contributed by atoms with van der Waals surface area (Å²) in [4.78, 5) is 22.6. The van der Waals surface area contributed by atoms with Gasteiger partial charge in [0.25, 0.3) is 0 Å². The molecular weight excluding hydrogens is 220 g/mol. The highest BCUT2D eigenvalue weighted by atomic mass is 16.5. The van der Waals surface area contributed by atoms with Gasteiger partial charge in [-0.25, -0.2) is 0 Å². The summed E-state index contributed by atoms with van der Waals surface area (Å²) in [5.41, 5.74) is 2.84. The molecule has 0 radical (unpaired) electrons. The Morgan fingerprint density at radius 3 is 1.82 bits per heavy atom. The molecule has 4 heteroatoms. The number of ether oxygens (including phenoxy) is 2. The van der Waals surface area contributed by atoms with Gasteiger partial charge in [-0.15, -0.1) is 0 Å². The fraction of sp³-hybridized carbons (Fsp3) is 0.385. The highest BCUT2D eigenvalue weighted by molar-refractivity contribution is 5.80. The van der Waals surface area contributed by atoms with Crippen LogP contribution in [-0.4, -0.2) is 11.9 Å². The van der Waals surface area contributed by atoms with Crippen molar-refractivity contribution in [3.8, 4) is 11.5 Å².